The zero-order valence-corrected chi connectivity index (χ0v) is 13.2. The monoisotopic (exact) mass is 303 g/mol. The van der Waals surface area contributed by atoms with Crippen molar-refractivity contribution < 1.29 is 4.79 Å². The van der Waals surface area contributed by atoms with E-state index in [4.69, 9.17) is 0 Å². The van der Waals surface area contributed by atoms with Crippen molar-refractivity contribution in [1.29, 1.82) is 0 Å². The fourth-order valence-corrected chi connectivity index (χ4v) is 2.95. The molecule has 0 aliphatic carbocycles. The van der Waals surface area contributed by atoms with Crippen LogP contribution in [0.15, 0.2) is 60.7 Å². The highest BCUT2D eigenvalue weighted by atomic mass is 16.2. The molecule has 0 fully saturated rings. The van der Waals surface area contributed by atoms with Crippen LogP contribution in [0.4, 0.5) is 0 Å². The highest BCUT2D eigenvalue weighted by Crippen LogP contribution is 2.16. The molecule has 1 unspecified atom stereocenters. The quantitative estimate of drug-likeness (QED) is 0.789. The van der Waals surface area contributed by atoms with Gasteiger partial charge < -0.3 is 4.90 Å². The van der Waals surface area contributed by atoms with E-state index in [0.717, 1.165) is 31.4 Å². The molecule has 1 amide bonds. The molecular formula is C21H21NO. The van der Waals surface area contributed by atoms with E-state index < -0.39 is 0 Å². The van der Waals surface area contributed by atoms with Gasteiger partial charge in [-0.15, -0.1) is 0 Å². The van der Waals surface area contributed by atoms with Crippen molar-refractivity contribution in [3.63, 3.8) is 0 Å². The van der Waals surface area contributed by atoms with E-state index in [1.807, 2.05) is 29.2 Å². The van der Waals surface area contributed by atoms with Gasteiger partial charge in [0.05, 0.1) is 0 Å². The highest BCUT2D eigenvalue weighted by molar-refractivity contribution is 5.93. The summed E-state index contributed by atoms with van der Waals surface area (Å²) in [7, 11) is 0. The average molecular weight is 303 g/mol. The molecule has 0 aromatic heterocycles. The van der Waals surface area contributed by atoms with Crippen LogP contribution in [0.1, 0.15) is 24.0 Å². The summed E-state index contributed by atoms with van der Waals surface area (Å²) in [5, 5.41) is 0. The summed E-state index contributed by atoms with van der Waals surface area (Å²) in [5.41, 5.74) is 2.45. The van der Waals surface area contributed by atoms with E-state index in [2.05, 4.69) is 48.2 Å². The molecule has 1 atom stereocenters. The lowest BCUT2D eigenvalue weighted by Gasteiger charge is -2.23. The van der Waals surface area contributed by atoms with Gasteiger partial charge in [-0.2, -0.15) is 0 Å². The maximum atomic E-state index is 12.3. The topological polar surface area (TPSA) is 20.3 Å². The second-order valence-electron chi connectivity index (χ2n) is 6.01. The van der Waals surface area contributed by atoms with Gasteiger partial charge in [0.15, 0.2) is 0 Å². The molecule has 0 saturated carbocycles. The summed E-state index contributed by atoms with van der Waals surface area (Å²) in [6.07, 6.45) is 2.98. The first-order valence-electron chi connectivity index (χ1n) is 8.19. The number of carbonyl (C=O) groups excluding carboxylic acids is 1. The molecular weight excluding hydrogens is 282 g/mol. The number of hydrogen-bond acceptors (Lipinski definition) is 1. The van der Waals surface area contributed by atoms with Crippen molar-refractivity contribution in [2.45, 2.75) is 25.8 Å². The predicted molar refractivity (Wildman–Crippen MR) is 92.5 cm³/mol. The largest absolute Gasteiger partial charge is 0.328 e. The highest BCUT2D eigenvalue weighted by Gasteiger charge is 2.16. The van der Waals surface area contributed by atoms with Gasteiger partial charge in [-0.1, -0.05) is 66.6 Å². The average Bonchev–Trinajstić information content (AvgIpc) is 2.59. The maximum absolute atomic E-state index is 12.3. The molecule has 0 saturated heterocycles. The van der Waals surface area contributed by atoms with Gasteiger partial charge in [0, 0.05) is 19.0 Å². The Bertz CT molecular complexity index is 697. The van der Waals surface area contributed by atoms with Crippen LogP contribution in [0.25, 0.3) is 0 Å². The maximum Gasteiger partial charge on any atom is 0.298 e. The summed E-state index contributed by atoms with van der Waals surface area (Å²) >= 11 is 0. The van der Waals surface area contributed by atoms with Crippen LogP contribution in [0, 0.1) is 17.8 Å². The minimum Gasteiger partial charge on any atom is -0.328 e. The van der Waals surface area contributed by atoms with Gasteiger partial charge in [-0.05, 0) is 36.3 Å². The second-order valence-corrected chi connectivity index (χ2v) is 6.01. The summed E-state index contributed by atoms with van der Waals surface area (Å²) in [5.74, 6) is 6.29. The minimum atomic E-state index is -0.0494. The molecule has 2 aromatic rings. The first-order chi connectivity index (χ1) is 11.3. The lowest BCUT2D eigenvalue weighted by Crippen LogP contribution is -2.31. The Balaban J connectivity index is 1.65. The predicted octanol–water partition coefficient (Wildman–Crippen LogP) is 3.67. The molecule has 2 nitrogen and oxygen atoms in total. The van der Waals surface area contributed by atoms with E-state index in [0.29, 0.717) is 6.54 Å². The lowest BCUT2D eigenvalue weighted by atomic mass is 9.94. The van der Waals surface area contributed by atoms with Crippen molar-refractivity contribution in [2.24, 2.45) is 5.92 Å². The van der Waals surface area contributed by atoms with E-state index in [1.54, 1.807) is 0 Å². The number of benzene rings is 2. The molecule has 1 aliphatic heterocycles. The number of rotatable bonds is 4. The van der Waals surface area contributed by atoms with Crippen LogP contribution in [0.5, 0.6) is 0 Å². The fraction of sp³-hybridized carbons (Fsp3) is 0.286. The summed E-state index contributed by atoms with van der Waals surface area (Å²) in [6.45, 7) is 1.44. The standard InChI is InChI=1S/C21H21NO/c23-21-14-13-19(16-18-8-3-1-4-9-18)12-7-15-22(21)17-20-10-5-2-6-11-20/h1-6,8-11,19H,7,12,15-17H2. The Kier molecular flexibility index (Phi) is 5.11. The van der Waals surface area contributed by atoms with Crippen LogP contribution >= 0.6 is 0 Å². The Labute approximate surface area is 138 Å². The van der Waals surface area contributed by atoms with Crippen molar-refractivity contribution in [3.05, 3.63) is 71.8 Å². The zero-order valence-electron chi connectivity index (χ0n) is 13.2. The van der Waals surface area contributed by atoms with Gasteiger partial charge >= 0.3 is 0 Å². The second kappa shape index (κ2) is 7.65. The summed E-state index contributed by atoms with van der Waals surface area (Å²) in [6, 6.07) is 20.5. The molecule has 1 aliphatic rings. The van der Waals surface area contributed by atoms with E-state index in [1.165, 1.54) is 5.56 Å². The molecule has 0 bridgehead atoms. The number of carbonyl (C=O) groups is 1. The summed E-state index contributed by atoms with van der Waals surface area (Å²) in [4.78, 5) is 14.2. The Morgan fingerprint density at radius 3 is 2.30 bits per heavy atom. The molecule has 0 N–H and O–H groups in total. The fourth-order valence-electron chi connectivity index (χ4n) is 2.95. The normalized spacial score (nSPS) is 17.8. The number of amides is 1. The van der Waals surface area contributed by atoms with Crippen LogP contribution < -0.4 is 0 Å². The first kappa shape index (κ1) is 15.4. The first-order valence-corrected chi connectivity index (χ1v) is 8.19. The number of nitrogens with zero attached hydrogens (tertiary/aromatic N) is 1. The molecule has 0 radical (unpaired) electrons. The minimum absolute atomic E-state index is 0.0494. The van der Waals surface area contributed by atoms with Crippen LogP contribution in [0.2, 0.25) is 0 Å². The third-order valence-corrected chi connectivity index (χ3v) is 4.19. The van der Waals surface area contributed by atoms with Crippen molar-refractivity contribution in [1.82, 2.24) is 4.90 Å². The van der Waals surface area contributed by atoms with Crippen molar-refractivity contribution in [2.75, 3.05) is 6.54 Å². The van der Waals surface area contributed by atoms with Gasteiger partial charge in [0.25, 0.3) is 5.91 Å². The molecule has 1 heterocycles. The van der Waals surface area contributed by atoms with Crippen LogP contribution in [0.3, 0.4) is 0 Å². The lowest BCUT2D eigenvalue weighted by molar-refractivity contribution is -0.125. The van der Waals surface area contributed by atoms with Gasteiger partial charge in [0.1, 0.15) is 0 Å². The SMILES string of the molecule is O=C1C#CC(Cc2ccccc2)CCCN1Cc1ccccc1. The molecule has 116 valence electrons. The zero-order chi connectivity index (χ0) is 15.9. The number of hydrogen-bond donors (Lipinski definition) is 0. The summed E-state index contributed by atoms with van der Waals surface area (Å²) < 4.78 is 0. The third-order valence-electron chi connectivity index (χ3n) is 4.19. The molecule has 0 spiro atoms. The van der Waals surface area contributed by atoms with Gasteiger partial charge in [0.2, 0.25) is 0 Å². The van der Waals surface area contributed by atoms with Gasteiger partial charge in [-0.25, -0.2) is 0 Å². The van der Waals surface area contributed by atoms with Crippen molar-refractivity contribution in [3.8, 4) is 11.8 Å². The Hall–Kier alpha value is -2.53. The Morgan fingerprint density at radius 1 is 0.957 bits per heavy atom. The smallest absolute Gasteiger partial charge is 0.298 e. The molecule has 2 heteroatoms. The van der Waals surface area contributed by atoms with Gasteiger partial charge in [-0.3, -0.25) is 4.79 Å². The van der Waals surface area contributed by atoms with E-state index >= 15 is 0 Å². The van der Waals surface area contributed by atoms with E-state index in [9.17, 15) is 4.79 Å². The van der Waals surface area contributed by atoms with Crippen LogP contribution in [-0.2, 0) is 17.8 Å². The molecule has 23 heavy (non-hydrogen) atoms. The molecule has 2 aromatic carbocycles. The van der Waals surface area contributed by atoms with Crippen molar-refractivity contribution >= 4 is 5.91 Å². The molecule has 3 rings (SSSR count). The third kappa shape index (κ3) is 4.47. The Morgan fingerprint density at radius 2 is 1.61 bits per heavy atom. The van der Waals surface area contributed by atoms with E-state index in [-0.39, 0.29) is 11.8 Å². The van der Waals surface area contributed by atoms with Crippen LogP contribution in [-0.4, -0.2) is 17.4 Å².